The Morgan fingerprint density at radius 2 is 1.78 bits per heavy atom. The maximum Gasteiger partial charge on any atom is 0.254 e. The Morgan fingerprint density at radius 3 is 2.59 bits per heavy atom. The fourth-order valence-electron chi connectivity index (χ4n) is 3.79. The van der Waals surface area contributed by atoms with Crippen LogP contribution in [0.5, 0.6) is 5.75 Å². The molecule has 0 aliphatic rings. The van der Waals surface area contributed by atoms with E-state index in [1.54, 1.807) is 11.3 Å². The molecular weight excluding hydrogens is 416 g/mol. The van der Waals surface area contributed by atoms with Gasteiger partial charge in [0.05, 0.1) is 12.2 Å². The van der Waals surface area contributed by atoms with E-state index in [4.69, 9.17) is 9.72 Å². The Morgan fingerprint density at radius 1 is 1.03 bits per heavy atom. The van der Waals surface area contributed by atoms with E-state index >= 15 is 0 Å². The lowest BCUT2D eigenvalue weighted by Crippen LogP contribution is -2.34. The minimum absolute atomic E-state index is 0.0540. The van der Waals surface area contributed by atoms with Crippen LogP contribution in [0.1, 0.15) is 40.5 Å². The highest BCUT2D eigenvalue weighted by Crippen LogP contribution is 2.26. The number of fused-ring (bicyclic) bond motifs is 1. The number of hydrogen-bond donors (Lipinski definition) is 0. The van der Waals surface area contributed by atoms with E-state index in [-0.39, 0.29) is 5.91 Å². The van der Waals surface area contributed by atoms with Crippen LogP contribution in [0.15, 0.2) is 72.1 Å². The first-order chi connectivity index (χ1) is 15.5. The first kappa shape index (κ1) is 22.0. The largest absolute Gasteiger partial charge is 0.486 e. The van der Waals surface area contributed by atoms with Crippen molar-refractivity contribution >= 4 is 28.0 Å². The van der Waals surface area contributed by atoms with Crippen molar-refractivity contribution in [2.75, 3.05) is 6.54 Å². The maximum absolute atomic E-state index is 13.2. The summed E-state index contributed by atoms with van der Waals surface area (Å²) in [6.07, 6.45) is 0. The van der Waals surface area contributed by atoms with Crippen molar-refractivity contribution in [1.82, 2.24) is 9.88 Å². The smallest absolute Gasteiger partial charge is 0.254 e. The molecule has 4 nitrogen and oxygen atoms in total. The fraction of sp³-hybridized carbons (Fsp3) is 0.259. The van der Waals surface area contributed by atoms with Crippen LogP contribution >= 0.6 is 11.3 Å². The lowest BCUT2D eigenvalue weighted by molar-refractivity contribution is 0.0720. The van der Waals surface area contributed by atoms with Crippen LogP contribution < -0.4 is 4.74 Å². The first-order valence-electron chi connectivity index (χ1n) is 10.9. The van der Waals surface area contributed by atoms with Gasteiger partial charge < -0.3 is 9.64 Å². The van der Waals surface area contributed by atoms with Crippen molar-refractivity contribution in [3.8, 4) is 5.75 Å². The zero-order valence-electron chi connectivity index (χ0n) is 18.7. The van der Waals surface area contributed by atoms with Crippen LogP contribution in [-0.2, 0) is 13.2 Å². The molecule has 3 aromatic carbocycles. The molecule has 0 radical (unpaired) electrons. The second kappa shape index (κ2) is 9.96. The molecule has 1 aromatic heterocycles. The summed E-state index contributed by atoms with van der Waals surface area (Å²) in [5, 5.41) is 5.18. The zero-order valence-corrected chi connectivity index (χ0v) is 19.6. The summed E-state index contributed by atoms with van der Waals surface area (Å²) in [6, 6.07) is 22.0. The number of aromatic nitrogens is 1. The van der Waals surface area contributed by atoms with E-state index in [2.05, 4.69) is 32.0 Å². The number of carbonyl (C=O) groups is 1. The molecule has 1 amide bonds. The predicted octanol–water partition coefficient (Wildman–Crippen LogP) is 6.48. The molecule has 0 aliphatic heterocycles. The van der Waals surface area contributed by atoms with E-state index in [9.17, 15) is 4.79 Å². The van der Waals surface area contributed by atoms with Crippen LogP contribution in [0.2, 0.25) is 0 Å². The zero-order chi connectivity index (χ0) is 22.5. The van der Waals surface area contributed by atoms with Crippen LogP contribution in [0, 0.1) is 12.8 Å². The summed E-state index contributed by atoms with van der Waals surface area (Å²) in [7, 11) is 0. The van der Waals surface area contributed by atoms with Gasteiger partial charge in [-0.25, -0.2) is 4.98 Å². The molecule has 0 atom stereocenters. The highest BCUT2D eigenvalue weighted by atomic mass is 32.1. The van der Waals surface area contributed by atoms with Crippen LogP contribution in [-0.4, -0.2) is 22.3 Å². The Hall–Kier alpha value is -3.18. The number of hydrogen-bond acceptors (Lipinski definition) is 4. The molecular formula is C27H28N2O2S. The van der Waals surface area contributed by atoms with Crippen molar-refractivity contribution in [2.45, 2.75) is 33.9 Å². The van der Waals surface area contributed by atoms with Crippen molar-refractivity contribution in [3.05, 3.63) is 93.9 Å². The molecule has 164 valence electrons. The van der Waals surface area contributed by atoms with Crippen LogP contribution in [0.25, 0.3) is 10.8 Å². The van der Waals surface area contributed by atoms with Crippen molar-refractivity contribution in [2.24, 2.45) is 5.92 Å². The number of thiazole rings is 1. The molecule has 1 heterocycles. The standard InChI is InChI=1S/C27H28N2O2S/c1-19(2)15-29(27(30)23-12-6-4-9-20(23)3)16-22-18-32-26(28-22)17-31-25-14-8-11-21-10-5-7-13-24(21)25/h4-14,18-19H,15-17H2,1-3H3. The normalized spacial score (nSPS) is 11.1. The minimum Gasteiger partial charge on any atom is -0.486 e. The molecule has 4 rings (SSSR count). The van der Waals surface area contributed by atoms with Gasteiger partial charge in [-0.1, -0.05) is 68.4 Å². The molecule has 0 N–H and O–H groups in total. The molecule has 0 saturated heterocycles. The highest BCUT2D eigenvalue weighted by molar-refractivity contribution is 7.09. The average molecular weight is 445 g/mol. The number of rotatable bonds is 8. The van der Waals surface area contributed by atoms with Gasteiger partial charge in [-0.05, 0) is 35.9 Å². The minimum atomic E-state index is 0.0540. The molecule has 0 fully saturated rings. The quantitative estimate of drug-likeness (QED) is 0.312. The van der Waals surface area contributed by atoms with E-state index < -0.39 is 0 Å². The summed E-state index contributed by atoms with van der Waals surface area (Å²) in [5.74, 6) is 1.28. The van der Waals surface area contributed by atoms with Crippen LogP contribution in [0.4, 0.5) is 0 Å². The molecule has 0 bridgehead atoms. The lowest BCUT2D eigenvalue weighted by Gasteiger charge is -2.24. The summed E-state index contributed by atoms with van der Waals surface area (Å²) in [5.41, 5.74) is 2.64. The number of nitrogens with zero attached hydrogens (tertiary/aromatic N) is 2. The number of amides is 1. The Bertz CT molecular complexity index is 1210. The first-order valence-corrected chi connectivity index (χ1v) is 11.8. The third-order valence-corrected chi connectivity index (χ3v) is 6.17. The van der Waals surface area contributed by atoms with E-state index in [0.29, 0.717) is 25.6 Å². The number of aryl methyl sites for hydroxylation is 1. The maximum atomic E-state index is 13.2. The molecule has 0 saturated carbocycles. The van der Waals surface area contributed by atoms with Gasteiger partial charge in [0.1, 0.15) is 17.4 Å². The van der Waals surface area contributed by atoms with Crippen LogP contribution in [0.3, 0.4) is 0 Å². The van der Waals surface area contributed by atoms with Gasteiger partial charge in [0.2, 0.25) is 0 Å². The second-order valence-corrected chi connectivity index (χ2v) is 9.34. The van der Waals surface area contributed by atoms with E-state index in [1.807, 2.05) is 65.7 Å². The van der Waals surface area contributed by atoms with Gasteiger partial charge in [-0.15, -0.1) is 11.3 Å². The molecule has 0 aliphatic carbocycles. The lowest BCUT2D eigenvalue weighted by atomic mass is 10.1. The third-order valence-electron chi connectivity index (χ3n) is 5.30. The summed E-state index contributed by atoms with van der Waals surface area (Å²) >= 11 is 1.57. The van der Waals surface area contributed by atoms with E-state index in [1.165, 1.54) is 0 Å². The molecule has 0 spiro atoms. The number of ether oxygens (including phenoxy) is 1. The SMILES string of the molecule is Cc1ccccc1C(=O)N(Cc1csc(COc2cccc3ccccc23)n1)CC(C)C. The Kier molecular flexibility index (Phi) is 6.86. The highest BCUT2D eigenvalue weighted by Gasteiger charge is 2.20. The molecule has 0 unspecified atom stereocenters. The molecule has 4 aromatic rings. The molecule has 32 heavy (non-hydrogen) atoms. The monoisotopic (exact) mass is 444 g/mol. The second-order valence-electron chi connectivity index (χ2n) is 8.39. The van der Waals surface area contributed by atoms with Crippen molar-refractivity contribution in [3.63, 3.8) is 0 Å². The fourth-order valence-corrected chi connectivity index (χ4v) is 4.48. The van der Waals surface area contributed by atoms with Gasteiger partial charge in [0.15, 0.2) is 0 Å². The van der Waals surface area contributed by atoms with Crippen molar-refractivity contribution in [1.29, 1.82) is 0 Å². The van der Waals surface area contributed by atoms with Gasteiger partial charge in [0.25, 0.3) is 5.91 Å². The Labute approximate surface area is 193 Å². The summed E-state index contributed by atoms with van der Waals surface area (Å²) in [6.45, 7) is 7.83. The van der Waals surface area contributed by atoms with Gasteiger partial charge in [0, 0.05) is 22.9 Å². The Balaban J connectivity index is 1.46. The van der Waals surface area contributed by atoms with Gasteiger partial charge in [-0.3, -0.25) is 4.79 Å². The molecule has 5 heteroatoms. The average Bonchev–Trinajstić information content (AvgIpc) is 3.24. The van der Waals surface area contributed by atoms with Crippen molar-refractivity contribution < 1.29 is 9.53 Å². The van der Waals surface area contributed by atoms with Gasteiger partial charge >= 0.3 is 0 Å². The third kappa shape index (κ3) is 5.17. The number of carbonyl (C=O) groups excluding carboxylic acids is 1. The topological polar surface area (TPSA) is 42.4 Å². The number of benzene rings is 3. The summed E-state index contributed by atoms with van der Waals surface area (Å²) < 4.78 is 6.09. The predicted molar refractivity (Wildman–Crippen MR) is 131 cm³/mol. The van der Waals surface area contributed by atoms with Gasteiger partial charge in [-0.2, -0.15) is 0 Å². The summed E-state index contributed by atoms with van der Waals surface area (Å²) in [4.78, 5) is 19.9. The van der Waals surface area contributed by atoms with E-state index in [0.717, 1.165) is 38.4 Å².